The van der Waals surface area contributed by atoms with E-state index in [0.717, 1.165) is 0 Å². The maximum atomic E-state index is 9.61. The van der Waals surface area contributed by atoms with Crippen molar-refractivity contribution in [2.45, 2.75) is 0 Å². The first-order chi connectivity index (χ1) is 3.63. The van der Waals surface area contributed by atoms with Gasteiger partial charge in [-0.2, -0.15) is 0 Å². The van der Waals surface area contributed by atoms with Gasteiger partial charge in [-0.3, -0.25) is 0 Å². The molecule has 0 amide bonds. The molecule has 4 nitrogen and oxygen atoms in total. The van der Waals surface area contributed by atoms with Gasteiger partial charge in [0.2, 0.25) is 0 Å². The Labute approximate surface area is 80.1 Å². The molecule has 0 unspecified atom stereocenters. The zero-order valence-electron chi connectivity index (χ0n) is 5.01. The first-order valence-electron chi connectivity index (χ1n) is 1.86. The van der Waals surface area contributed by atoms with Gasteiger partial charge in [-0.05, 0) is 12.2 Å². The fourth-order valence-electron chi connectivity index (χ4n) is 0.159. The van der Waals surface area contributed by atoms with Crippen LogP contribution in [-0.2, 0) is 4.79 Å². The van der Waals surface area contributed by atoms with Crippen LogP contribution >= 0.6 is 12.2 Å². The van der Waals surface area contributed by atoms with Crippen LogP contribution in [0.1, 0.15) is 0 Å². The minimum atomic E-state index is -1.22. The van der Waals surface area contributed by atoms with Crippen molar-refractivity contribution in [3.8, 4) is 0 Å². The van der Waals surface area contributed by atoms with E-state index in [0.29, 0.717) is 0 Å². The summed E-state index contributed by atoms with van der Waals surface area (Å²) < 4.78 is 0. The summed E-state index contributed by atoms with van der Waals surface area (Å²) >= 11 is 4.29. The van der Waals surface area contributed by atoms with Gasteiger partial charge in [0.25, 0.3) is 0 Å². The Bertz CT molecular complexity index is 104. The smallest absolute Gasteiger partial charge is 0.548 e. The van der Waals surface area contributed by atoms with Gasteiger partial charge in [0, 0.05) is 0 Å². The van der Waals surface area contributed by atoms with Crippen molar-refractivity contribution < 1.29 is 39.5 Å². The molecule has 0 aromatic rings. The third-order valence-electron chi connectivity index (χ3n) is 0.407. The van der Waals surface area contributed by atoms with Crippen LogP contribution in [0.25, 0.3) is 0 Å². The van der Waals surface area contributed by atoms with Crippen molar-refractivity contribution in [1.29, 1.82) is 0 Å². The number of aliphatic carboxylic acids is 1. The van der Waals surface area contributed by atoms with E-state index >= 15 is 0 Å². The van der Waals surface area contributed by atoms with Crippen molar-refractivity contribution in [1.82, 2.24) is 5.32 Å². The van der Waals surface area contributed by atoms with Crippen molar-refractivity contribution >= 4 is 23.3 Å². The molecule has 0 rings (SSSR count). The van der Waals surface area contributed by atoms with Crippen LogP contribution in [0.2, 0.25) is 0 Å². The molecule has 0 aliphatic carbocycles. The summed E-state index contributed by atoms with van der Waals surface area (Å²) in [6.45, 7) is -0.324. The Balaban J connectivity index is 0. The molecule has 0 fully saturated rings. The van der Waals surface area contributed by atoms with Gasteiger partial charge >= 0.3 is 29.6 Å². The predicted molar refractivity (Wildman–Crippen MR) is 29.8 cm³/mol. The largest absolute Gasteiger partial charge is 1.00 e. The number of hydrogen-bond acceptors (Lipinski definition) is 3. The number of thiocarbonyl (C=S) groups is 1. The molecule has 6 heteroatoms. The monoisotopic (exact) mass is 156 g/mol. The van der Waals surface area contributed by atoms with E-state index in [1.54, 1.807) is 0 Å². The molecule has 0 spiro atoms. The zero-order chi connectivity index (χ0) is 6.57. The fraction of sp³-hybridized carbons (Fsp3) is 0.333. The van der Waals surface area contributed by atoms with Crippen LogP contribution in [0.4, 0.5) is 0 Å². The van der Waals surface area contributed by atoms with E-state index in [4.69, 9.17) is 5.73 Å². The summed E-state index contributed by atoms with van der Waals surface area (Å²) in [6, 6.07) is 0. The number of carbonyl (C=O) groups is 1. The van der Waals surface area contributed by atoms with E-state index in [-0.39, 0.29) is 41.2 Å². The van der Waals surface area contributed by atoms with Crippen LogP contribution in [0.3, 0.4) is 0 Å². The quantitative estimate of drug-likeness (QED) is 0.308. The molecule has 0 radical (unpaired) electrons. The number of nitrogens with one attached hydrogen (secondary N) is 1. The standard InChI is InChI=1S/C3H6N2O2S.Na/c4-3(8)5-1-2(6)7;/h1H2,(H,6,7)(H3,4,5,8);/q;+1/p-1. The average molecular weight is 156 g/mol. The Kier molecular flexibility index (Phi) is 8.31. The third kappa shape index (κ3) is 11.6. The maximum absolute atomic E-state index is 9.61. The number of carboxylic acids is 1. The second-order valence-corrected chi connectivity index (χ2v) is 1.53. The van der Waals surface area contributed by atoms with E-state index < -0.39 is 5.97 Å². The van der Waals surface area contributed by atoms with Gasteiger partial charge in [-0.25, -0.2) is 0 Å². The summed E-state index contributed by atoms with van der Waals surface area (Å²) in [4.78, 5) is 9.61. The molecule has 0 aromatic heterocycles. The van der Waals surface area contributed by atoms with E-state index in [1.807, 2.05) is 0 Å². The number of hydrogen-bond donors (Lipinski definition) is 2. The van der Waals surface area contributed by atoms with Crippen LogP contribution in [-0.4, -0.2) is 17.6 Å². The molecular weight excluding hydrogens is 151 g/mol. The number of rotatable bonds is 2. The molecule has 0 saturated carbocycles. The SMILES string of the molecule is NC(=S)NCC(=O)[O-].[Na+]. The topological polar surface area (TPSA) is 78.2 Å². The molecule has 46 valence electrons. The molecule has 0 heterocycles. The van der Waals surface area contributed by atoms with Gasteiger partial charge in [-0.15, -0.1) is 0 Å². The van der Waals surface area contributed by atoms with Crippen LogP contribution in [0.15, 0.2) is 0 Å². The van der Waals surface area contributed by atoms with Crippen molar-refractivity contribution in [2.75, 3.05) is 6.54 Å². The average Bonchev–Trinajstić information content (AvgIpc) is 1.61. The third-order valence-corrected chi connectivity index (χ3v) is 0.551. The molecule has 0 atom stereocenters. The first kappa shape index (κ1) is 11.9. The second kappa shape index (κ2) is 6.28. The van der Waals surface area contributed by atoms with Gasteiger partial charge in [0.1, 0.15) is 0 Å². The van der Waals surface area contributed by atoms with Crippen molar-refractivity contribution in [3.05, 3.63) is 0 Å². The molecule has 3 N–H and O–H groups in total. The van der Waals surface area contributed by atoms with Crippen molar-refractivity contribution in [2.24, 2.45) is 5.73 Å². The molecule has 9 heavy (non-hydrogen) atoms. The molecule has 0 aliphatic heterocycles. The minimum absolute atomic E-state index is 0. The number of carbonyl (C=O) groups excluding carboxylic acids is 1. The van der Waals surface area contributed by atoms with E-state index in [9.17, 15) is 9.90 Å². The zero-order valence-corrected chi connectivity index (χ0v) is 7.83. The molecular formula is C3H5N2NaO2S. The van der Waals surface area contributed by atoms with Gasteiger partial charge < -0.3 is 21.0 Å². The Morgan fingerprint density at radius 2 is 2.22 bits per heavy atom. The van der Waals surface area contributed by atoms with Crippen molar-refractivity contribution in [3.63, 3.8) is 0 Å². The van der Waals surface area contributed by atoms with Crippen LogP contribution in [0.5, 0.6) is 0 Å². The summed E-state index contributed by atoms with van der Waals surface area (Å²) in [5, 5.41) is 11.8. The Morgan fingerprint density at radius 3 is 2.33 bits per heavy atom. The second-order valence-electron chi connectivity index (χ2n) is 1.09. The fourth-order valence-corrected chi connectivity index (χ4v) is 0.231. The van der Waals surface area contributed by atoms with Gasteiger partial charge in [0.05, 0.1) is 12.5 Å². The van der Waals surface area contributed by atoms with E-state index in [2.05, 4.69) is 17.5 Å². The van der Waals surface area contributed by atoms with Gasteiger partial charge in [0.15, 0.2) is 5.11 Å². The van der Waals surface area contributed by atoms with Crippen LogP contribution < -0.4 is 45.7 Å². The predicted octanol–water partition coefficient (Wildman–Crippen LogP) is -5.43. The molecule has 0 aromatic carbocycles. The maximum Gasteiger partial charge on any atom is 1.00 e. The summed E-state index contributed by atoms with van der Waals surface area (Å²) in [5.41, 5.74) is 4.87. The normalized spacial score (nSPS) is 7.11. The molecule has 0 bridgehead atoms. The minimum Gasteiger partial charge on any atom is -0.548 e. The van der Waals surface area contributed by atoms with E-state index in [1.165, 1.54) is 0 Å². The Morgan fingerprint density at radius 1 is 1.78 bits per heavy atom. The summed E-state index contributed by atoms with van der Waals surface area (Å²) in [7, 11) is 0. The van der Waals surface area contributed by atoms with Gasteiger partial charge in [-0.1, -0.05) is 0 Å². The number of carboxylic acid groups (broad SMARTS) is 1. The molecule has 0 saturated heterocycles. The summed E-state index contributed by atoms with van der Waals surface area (Å²) in [6.07, 6.45) is 0. The number of nitrogens with two attached hydrogens (primary N) is 1. The first-order valence-corrected chi connectivity index (χ1v) is 2.27. The summed E-state index contributed by atoms with van der Waals surface area (Å²) in [5.74, 6) is -1.22. The Hall–Kier alpha value is 0.160. The van der Waals surface area contributed by atoms with Crippen LogP contribution in [0, 0.1) is 0 Å². The molecule has 0 aliphatic rings.